The molecule has 0 saturated carbocycles. The van der Waals surface area contributed by atoms with E-state index in [1.807, 2.05) is 25.1 Å². The quantitative estimate of drug-likeness (QED) is 0.811. The summed E-state index contributed by atoms with van der Waals surface area (Å²) in [5.74, 6) is 0.368. The Morgan fingerprint density at radius 1 is 1.18 bits per heavy atom. The lowest BCUT2D eigenvalue weighted by Gasteiger charge is -2.08. The zero-order valence-corrected chi connectivity index (χ0v) is 11.0. The Morgan fingerprint density at radius 3 is 2.71 bits per heavy atom. The van der Waals surface area contributed by atoms with E-state index in [4.69, 9.17) is 4.74 Å². The molecule has 0 aromatic heterocycles. The molecule has 0 amide bonds. The van der Waals surface area contributed by atoms with Crippen LogP contribution in [0.5, 0.6) is 5.75 Å². The summed E-state index contributed by atoms with van der Waals surface area (Å²) in [7, 11) is 0. The number of rotatable bonds is 3. The molecule has 0 unspecified atom stereocenters. The molecule has 0 saturated heterocycles. The smallest absolute Gasteiger partial charge is 0.134 e. The Hall–Kier alpha value is -1.35. The second kappa shape index (κ2) is 5.32. The molecule has 0 aliphatic carbocycles. The van der Waals surface area contributed by atoms with Crippen LogP contribution in [-0.2, 0) is 6.61 Å². The van der Waals surface area contributed by atoms with E-state index in [0.717, 1.165) is 5.56 Å². The van der Waals surface area contributed by atoms with Gasteiger partial charge in [-0.05, 0) is 46.6 Å². The van der Waals surface area contributed by atoms with Gasteiger partial charge in [0, 0.05) is 0 Å². The van der Waals surface area contributed by atoms with Crippen LogP contribution >= 0.6 is 15.9 Å². The largest absolute Gasteiger partial charge is 0.488 e. The van der Waals surface area contributed by atoms with Gasteiger partial charge in [0.05, 0.1) is 4.47 Å². The molecule has 0 aliphatic rings. The van der Waals surface area contributed by atoms with Crippen LogP contribution in [0.1, 0.15) is 11.1 Å². The van der Waals surface area contributed by atoms with Crippen LogP contribution in [0.15, 0.2) is 46.9 Å². The van der Waals surface area contributed by atoms with E-state index in [1.165, 1.54) is 17.7 Å². The van der Waals surface area contributed by atoms with Crippen LogP contribution in [0.4, 0.5) is 4.39 Å². The number of hydrogen-bond donors (Lipinski definition) is 0. The normalized spacial score (nSPS) is 10.3. The molecule has 2 aromatic carbocycles. The third-order valence-electron chi connectivity index (χ3n) is 2.37. The minimum Gasteiger partial charge on any atom is -0.488 e. The maximum atomic E-state index is 12.9. The summed E-state index contributed by atoms with van der Waals surface area (Å²) >= 11 is 3.27. The predicted molar refractivity (Wildman–Crippen MR) is 69.6 cm³/mol. The second-order valence-corrected chi connectivity index (χ2v) is 4.71. The third-order valence-corrected chi connectivity index (χ3v) is 2.99. The molecule has 0 heterocycles. The number of benzene rings is 2. The first-order valence-corrected chi connectivity index (χ1v) is 6.08. The Balaban J connectivity index is 2.07. The van der Waals surface area contributed by atoms with Crippen molar-refractivity contribution < 1.29 is 9.13 Å². The van der Waals surface area contributed by atoms with Crippen molar-refractivity contribution in [2.45, 2.75) is 13.5 Å². The van der Waals surface area contributed by atoms with Gasteiger partial charge in [0.15, 0.2) is 0 Å². The first-order chi connectivity index (χ1) is 8.15. The summed E-state index contributed by atoms with van der Waals surface area (Å²) < 4.78 is 19.1. The standard InChI is InChI=1S/C14H12BrFO/c1-10-3-2-4-11(7-10)9-17-14-6-5-12(16)8-13(14)15/h2-8H,9H2,1H3. The maximum absolute atomic E-state index is 12.9. The van der Waals surface area contributed by atoms with Crippen molar-refractivity contribution in [1.82, 2.24) is 0 Å². The first kappa shape index (κ1) is 12.1. The lowest BCUT2D eigenvalue weighted by atomic mass is 10.1. The fraction of sp³-hybridized carbons (Fsp3) is 0.143. The third kappa shape index (κ3) is 3.30. The van der Waals surface area contributed by atoms with Crippen molar-refractivity contribution in [3.05, 3.63) is 63.9 Å². The average Bonchev–Trinajstić information content (AvgIpc) is 2.28. The fourth-order valence-electron chi connectivity index (χ4n) is 1.56. The van der Waals surface area contributed by atoms with Gasteiger partial charge in [-0.3, -0.25) is 0 Å². The highest BCUT2D eigenvalue weighted by Gasteiger charge is 2.03. The SMILES string of the molecule is Cc1cccc(COc2ccc(F)cc2Br)c1. The molecular weight excluding hydrogens is 283 g/mol. The van der Waals surface area contributed by atoms with Crippen molar-refractivity contribution in [2.24, 2.45) is 0 Å². The van der Waals surface area contributed by atoms with Gasteiger partial charge in [0.1, 0.15) is 18.2 Å². The molecule has 0 bridgehead atoms. The first-order valence-electron chi connectivity index (χ1n) is 5.28. The summed E-state index contributed by atoms with van der Waals surface area (Å²) in [6.45, 7) is 2.52. The van der Waals surface area contributed by atoms with Crippen LogP contribution in [0.2, 0.25) is 0 Å². The number of halogens is 2. The van der Waals surface area contributed by atoms with Crippen molar-refractivity contribution in [2.75, 3.05) is 0 Å². The molecule has 3 heteroatoms. The molecule has 0 atom stereocenters. The Bertz CT molecular complexity index is 525. The second-order valence-electron chi connectivity index (χ2n) is 3.85. The lowest BCUT2D eigenvalue weighted by molar-refractivity contribution is 0.303. The zero-order valence-electron chi connectivity index (χ0n) is 9.41. The highest BCUT2D eigenvalue weighted by atomic mass is 79.9. The highest BCUT2D eigenvalue weighted by Crippen LogP contribution is 2.26. The summed E-state index contributed by atoms with van der Waals surface area (Å²) in [5.41, 5.74) is 2.30. The average molecular weight is 295 g/mol. The molecule has 0 spiro atoms. The topological polar surface area (TPSA) is 9.23 Å². The fourth-order valence-corrected chi connectivity index (χ4v) is 2.02. The van der Waals surface area contributed by atoms with E-state index in [9.17, 15) is 4.39 Å². The van der Waals surface area contributed by atoms with Gasteiger partial charge >= 0.3 is 0 Å². The number of aryl methyl sites for hydroxylation is 1. The van der Waals surface area contributed by atoms with Gasteiger partial charge in [-0.2, -0.15) is 0 Å². The van der Waals surface area contributed by atoms with Gasteiger partial charge in [-0.25, -0.2) is 4.39 Å². The molecule has 2 aromatic rings. The van der Waals surface area contributed by atoms with Gasteiger partial charge in [0.2, 0.25) is 0 Å². The van der Waals surface area contributed by atoms with Gasteiger partial charge < -0.3 is 4.74 Å². The summed E-state index contributed by atoms with van der Waals surface area (Å²) in [4.78, 5) is 0. The van der Waals surface area contributed by atoms with Crippen molar-refractivity contribution >= 4 is 15.9 Å². The minimum absolute atomic E-state index is 0.278. The minimum atomic E-state index is -0.278. The Morgan fingerprint density at radius 2 is 2.00 bits per heavy atom. The molecule has 0 fully saturated rings. The Labute approximate surface area is 108 Å². The number of hydrogen-bond acceptors (Lipinski definition) is 1. The van der Waals surface area contributed by atoms with E-state index >= 15 is 0 Å². The highest BCUT2D eigenvalue weighted by molar-refractivity contribution is 9.10. The molecule has 88 valence electrons. The molecule has 0 aliphatic heterocycles. The zero-order chi connectivity index (χ0) is 12.3. The predicted octanol–water partition coefficient (Wildman–Crippen LogP) is 4.48. The molecule has 2 rings (SSSR count). The maximum Gasteiger partial charge on any atom is 0.134 e. The van der Waals surface area contributed by atoms with Crippen LogP contribution < -0.4 is 4.74 Å². The summed E-state index contributed by atoms with van der Waals surface area (Å²) in [5, 5.41) is 0. The van der Waals surface area contributed by atoms with E-state index in [2.05, 4.69) is 22.0 Å². The molecule has 1 nitrogen and oxygen atoms in total. The van der Waals surface area contributed by atoms with Crippen molar-refractivity contribution in [3.8, 4) is 5.75 Å². The van der Waals surface area contributed by atoms with Gasteiger partial charge in [-0.1, -0.05) is 29.8 Å². The van der Waals surface area contributed by atoms with E-state index in [0.29, 0.717) is 16.8 Å². The van der Waals surface area contributed by atoms with Crippen LogP contribution in [0.3, 0.4) is 0 Å². The van der Waals surface area contributed by atoms with Crippen molar-refractivity contribution in [3.63, 3.8) is 0 Å². The van der Waals surface area contributed by atoms with Crippen LogP contribution in [0, 0.1) is 12.7 Å². The van der Waals surface area contributed by atoms with E-state index in [1.54, 1.807) is 6.07 Å². The molecule has 17 heavy (non-hydrogen) atoms. The van der Waals surface area contributed by atoms with Crippen molar-refractivity contribution in [1.29, 1.82) is 0 Å². The Kier molecular flexibility index (Phi) is 3.79. The van der Waals surface area contributed by atoms with Crippen LogP contribution in [0.25, 0.3) is 0 Å². The summed E-state index contributed by atoms with van der Waals surface area (Å²) in [6.07, 6.45) is 0. The lowest BCUT2D eigenvalue weighted by Crippen LogP contribution is -1.96. The molecule has 0 radical (unpaired) electrons. The monoisotopic (exact) mass is 294 g/mol. The summed E-state index contributed by atoms with van der Waals surface area (Å²) in [6, 6.07) is 12.5. The molecular formula is C14H12BrFO. The van der Waals surface area contributed by atoms with E-state index < -0.39 is 0 Å². The van der Waals surface area contributed by atoms with Gasteiger partial charge in [0.25, 0.3) is 0 Å². The number of ether oxygens (including phenoxy) is 1. The van der Waals surface area contributed by atoms with E-state index in [-0.39, 0.29) is 5.82 Å². The van der Waals surface area contributed by atoms with Gasteiger partial charge in [-0.15, -0.1) is 0 Å². The molecule has 0 N–H and O–H groups in total. The van der Waals surface area contributed by atoms with Crippen LogP contribution in [-0.4, -0.2) is 0 Å².